The van der Waals surface area contributed by atoms with Crippen LogP contribution in [0.1, 0.15) is 5.56 Å². The van der Waals surface area contributed by atoms with Crippen molar-refractivity contribution in [2.24, 2.45) is 0 Å². The molecule has 0 aliphatic heterocycles. The minimum atomic E-state index is -0.0429. The molecule has 2 aromatic carbocycles. The van der Waals surface area contributed by atoms with Crippen LogP contribution in [0.2, 0.25) is 0 Å². The fraction of sp³-hybridized carbons (Fsp3) is 0.316. The highest BCUT2D eigenvalue weighted by molar-refractivity contribution is 5.92. The number of carbonyl (C=O) groups is 1. The fourth-order valence-electron chi connectivity index (χ4n) is 2.21. The second-order valence-corrected chi connectivity index (χ2v) is 5.65. The standard InChI is InChI=1S/C19H24N2O3/c1-15-8-10-16(11-9-15)20-19(22)14-21(2)12-13-24-18-7-5-4-6-17(18)23-3/h4-11H,12-14H2,1-3H3,(H,20,22). The third kappa shape index (κ3) is 5.59. The van der Waals surface area contributed by atoms with Crippen LogP contribution < -0.4 is 14.8 Å². The number of nitrogens with zero attached hydrogens (tertiary/aromatic N) is 1. The Labute approximate surface area is 143 Å². The second-order valence-electron chi connectivity index (χ2n) is 5.65. The first kappa shape index (κ1) is 17.8. The van der Waals surface area contributed by atoms with Crippen LogP contribution in [0.5, 0.6) is 11.5 Å². The van der Waals surface area contributed by atoms with Crippen molar-refractivity contribution in [3.8, 4) is 11.5 Å². The molecule has 5 heteroatoms. The molecule has 0 spiro atoms. The van der Waals surface area contributed by atoms with Crippen LogP contribution in [-0.4, -0.2) is 44.7 Å². The molecule has 0 aliphatic carbocycles. The summed E-state index contributed by atoms with van der Waals surface area (Å²) in [4.78, 5) is 13.9. The van der Waals surface area contributed by atoms with Crippen molar-refractivity contribution in [3.05, 3.63) is 54.1 Å². The first-order valence-electron chi connectivity index (χ1n) is 7.89. The van der Waals surface area contributed by atoms with Crippen LogP contribution in [0.4, 0.5) is 5.69 Å². The van der Waals surface area contributed by atoms with Gasteiger partial charge in [-0.1, -0.05) is 29.8 Å². The normalized spacial score (nSPS) is 10.5. The first-order valence-corrected chi connectivity index (χ1v) is 7.89. The number of ether oxygens (including phenoxy) is 2. The van der Waals surface area contributed by atoms with E-state index in [1.54, 1.807) is 7.11 Å². The van der Waals surface area contributed by atoms with Crippen LogP contribution in [-0.2, 0) is 4.79 Å². The number of anilines is 1. The first-order chi connectivity index (χ1) is 11.6. The minimum absolute atomic E-state index is 0.0429. The topological polar surface area (TPSA) is 50.8 Å². The van der Waals surface area contributed by atoms with Gasteiger partial charge >= 0.3 is 0 Å². The maximum atomic E-state index is 12.0. The number of nitrogens with one attached hydrogen (secondary N) is 1. The molecule has 1 amide bonds. The number of aryl methyl sites for hydroxylation is 1. The number of amides is 1. The van der Waals surface area contributed by atoms with Crippen molar-refractivity contribution in [3.63, 3.8) is 0 Å². The Morgan fingerprint density at radius 2 is 1.75 bits per heavy atom. The van der Waals surface area contributed by atoms with E-state index >= 15 is 0 Å². The quantitative estimate of drug-likeness (QED) is 0.809. The average Bonchev–Trinajstić information content (AvgIpc) is 2.57. The molecule has 0 aromatic heterocycles. The maximum Gasteiger partial charge on any atom is 0.238 e. The number of para-hydroxylation sites is 2. The molecule has 0 unspecified atom stereocenters. The predicted octanol–water partition coefficient (Wildman–Crippen LogP) is 2.95. The lowest BCUT2D eigenvalue weighted by atomic mass is 10.2. The Kier molecular flexibility index (Phi) is 6.63. The molecule has 2 rings (SSSR count). The van der Waals surface area contributed by atoms with E-state index < -0.39 is 0 Å². The van der Waals surface area contributed by atoms with Crippen LogP contribution >= 0.6 is 0 Å². The van der Waals surface area contributed by atoms with E-state index in [4.69, 9.17) is 9.47 Å². The zero-order chi connectivity index (χ0) is 17.4. The molecule has 0 fully saturated rings. The number of methoxy groups -OCH3 is 1. The van der Waals surface area contributed by atoms with E-state index in [0.29, 0.717) is 31.2 Å². The summed E-state index contributed by atoms with van der Waals surface area (Å²) in [7, 11) is 3.50. The summed E-state index contributed by atoms with van der Waals surface area (Å²) in [5.74, 6) is 1.37. The number of hydrogen-bond acceptors (Lipinski definition) is 4. The summed E-state index contributed by atoms with van der Waals surface area (Å²) in [6, 6.07) is 15.3. The number of benzene rings is 2. The van der Waals surface area contributed by atoms with Crippen LogP contribution in [0.25, 0.3) is 0 Å². The summed E-state index contributed by atoms with van der Waals surface area (Å²) >= 11 is 0. The van der Waals surface area contributed by atoms with Crippen molar-refractivity contribution in [1.82, 2.24) is 4.90 Å². The summed E-state index contributed by atoms with van der Waals surface area (Å²) < 4.78 is 11.0. The largest absolute Gasteiger partial charge is 0.493 e. The third-order valence-corrected chi connectivity index (χ3v) is 3.55. The Bertz CT molecular complexity index is 656. The van der Waals surface area contributed by atoms with Gasteiger partial charge in [0.2, 0.25) is 5.91 Å². The smallest absolute Gasteiger partial charge is 0.238 e. The van der Waals surface area contributed by atoms with E-state index in [9.17, 15) is 4.79 Å². The van der Waals surface area contributed by atoms with Gasteiger partial charge < -0.3 is 14.8 Å². The van der Waals surface area contributed by atoms with E-state index in [1.807, 2.05) is 67.4 Å². The predicted molar refractivity (Wildman–Crippen MR) is 95.8 cm³/mol. The number of hydrogen-bond donors (Lipinski definition) is 1. The third-order valence-electron chi connectivity index (χ3n) is 3.55. The molecule has 0 heterocycles. The van der Waals surface area contributed by atoms with Gasteiger partial charge in [0.1, 0.15) is 6.61 Å². The summed E-state index contributed by atoms with van der Waals surface area (Å²) in [6.07, 6.45) is 0. The van der Waals surface area contributed by atoms with E-state index in [0.717, 1.165) is 5.69 Å². The van der Waals surface area contributed by atoms with Gasteiger partial charge in [0.25, 0.3) is 0 Å². The van der Waals surface area contributed by atoms with Gasteiger partial charge in [-0.2, -0.15) is 0 Å². The number of likely N-dealkylation sites (N-methyl/N-ethyl adjacent to an activating group) is 1. The van der Waals surface area contributed by atoms with Gasteiger partial charge in [0, 0.05) is 12.2 Å². The lowest BCUT2D eigenvalue weighted by Gasteiger charge is -2.17. The highest BCUT2D eigenvalue weighted by Crippen LogP contribution is 2.25. The summed E-state index contributed by atoms with van der Waals surface area (Å²) in [5, 5.41) is 2.88. The van der Waals surface area contributed by atoms with Gasteiger partial charge in [-0.3, -0.25) is 9.69 Å². The lowest BCUT2D eigenvalue weighted by molar-refractivity contribution is -0.117. The Morgan fingerprint density at radius 3 is 2.42 bits per heavy atom. The van der Waals surface area contributed by atoms with Gasteiger partial charge in [0.15, 0.2) is 11.5 Å². The molecular weight excluding hydrogens is 304 g/mol. The summed E-state index contributed by atoms with van der Waals surface area (Å²) in [5.41, 5.74) is 1.97. The molecule has 0 bridgehead atoms. The van der Waals surface area contributed by atoms with Gasteiger partial charge in [-0.25, -0.2) is 0 Å². The van der Waals surface area contributed by atoms with E-state index in [1.165, 1.54) is 5.56 Å². The molecule has 0 saturated heterocycles. The fourth-order valence-corrected chi connectivity index (χ4v) is 2.21. The van der Waals surface area contributed by atoms with Crippen molar-refractivity contribution in [1.29, 1.82) is 0 Å². The SMILES string of the molecule is COc1ccccc1OCCN(C)CC(=O)Nc1ccc(C)cc1. The maximum absolute atomic E-state index is 12.0. The molecule has 0 saturated carbocycles. The molecule has 0 atom stereocenters. The molecule has 128 valence electrons. The molecule has 5 nitrogen and oxygen atoms in total. The van der Waals surface area contributed by atoms with Crippen molar-refractivity contribution >= 4 is 11.6 Å². The molecule has 0 aliphatic rings. The zero-order valence-electron chi connectivity index (χ0n) is 14.4. The highest BCUT2D eigenvalue weighted by Gasteiger charge is 2.08. The molecule has 24 heavy (non-hydrogen) atoms. The average molecular weight is 328 g/mol. The number of carbonyl (C=O) groups excluding carboxylic acids is 1. The molecule has 1 N–H and O–H groups in total. The van der Waals surface area contributed by atoms with Crippen LogP contribution in [0.3, 0.4) is 0 Å². The molecular formula is C19H24N2O3. The molecule has 0 radical (unpaired) electrons. The highest BCUT2D eigenvalue weighted by atomic mass is 16.5. The van der Waals surface area contributed by atoms with Crippen LogP contribution in [0, 0.1) is 6.92 Å². The van der Waals surface area contributed by atoms with E-state index in [2.05, 4.69) is 5.32 Å². The zero-order valence-corrected chi connectivity index (χ0v) is 14.4. The Hall–Kier alpha value is -2.53. The summed E-state index contributed by atoms with van der Waals surface area (Å²) in [6.45, 7) is 3.44. The molecule has 2 aromatic rings. The lowest BCUT2D eigenvalue weighted by Crippen LogP contribution is -2.33. The van der Waals surface area contributed by atoms with Gasteiger partial charge in [-0.05, 0) is 38.2 Å². The van der Waals surface area contributed by atoms with Crippen molar-refractivity contribution in [2.75, 3.05) is 39.2 Å². The monoisotopic (exact) mass is 328 g/mol. The minimum Gasteiger partial charge on any atom is -0.493 e. The van der Waals surface area contributed by atoms with Gasteiger partial charge in [-0.15, -0.1) is 0 Å². The van der Waals surface area contributed by atoms with Gasteiger partial charge in [0.05, 0.1) is 13.7 Å². The number of rotatable bonds is 8. The van der Waals surface area contributed by atoms with Crippen LogP contribution in [0.15, 0.2) is 48.5 Å². The Balaban J connectivity index is 1.73. The van der Waals surface area contributed by atoms with Crippen molar-refractivity contribution in [2.45, 2.75) is 6.92 Å². The van der Waals surface area contributed by atoms with E-state index in [-0.39, 0.29) is 5.91 Å². The Morgan fingerprint density at radius 1 is 1.08 bits per heavy atom. The van der Waals surface area contributed by atoms with Crippen molar-refractivity contribution < 1.29 is 14.3 Å². The second kappa shape index (κ2) is 8.93.